The van der Waals surface area contributed by atoms with Gasteiger partial charge in [-0.15, -0.1) is 0 Å². The van der Waals surface area contributed by atoms with Crippen LogP contribution in [0.1, 0.15) is 26.7 Å². The van der Waals surface area contributed by atoms with E-state index in [4.69, 9.17) is 0 Å². The lowest BCUT2D eigenvalue weighted by molar-refractivity contribution is 0.0567. The summed E-state index contributed by atoms with van der Waals surface area (Å²) < 4.78 is 0. The predicted molar refractivity (Wildman–Crippen MR) is 74.7 cm³/mol. The van der Waals surface area contributed by atoms with Crippen LogP contribution in [-0.4, -0.2) is 72.9 Å². The second-order valence-corrected chi connectivity index (χ2v) is 6.30. The van der Waals surface area contributed by atoms with Gasteiger partial charge in [0.2, 0.25) is 0 Å². The molecule has 2 heterocycles. The molecule has 2 unspecified atom stereocenters. The molecule has 0 bridgehead atoms. The molecule has 0 aliphatic carbocycles. The topological polar surface area (TPSA) is 38.7 Å². The number of rotatable bonds is 6. The molecule has 0 aromatic heterocycles. The van der Waals surface area contributed by atoms with Gasteiger partial charge < -0.3 is 10.4 Å². The molecule has 0 radical (unpaired) electrons. The third-order valence-electron chi connectivity index (χ3n) is 4.07. The highest BCUT2D eigenvalue weighted by Gasteiger charge is 2.30. The largest absolute Gasteiger partial charge is 0.390 e. The third kappa shape index (κ3) is 4.19. The predicted octanol–water partition coefficient (Wildman–Crippen LogP) is 0.373. The molecular formula is C14H29N3O. The number of aliphatic hydroxyl groups excluding tert-OH is 1. The summed E-state index contributed by atoms with van der Waals surface area (Å²) in [6, 6.07) is 0.759. The van der Waals surface area contributed by atoms with E-state index in [9.17, 15) is 5.11 Å². The van der Waals surface area contributed by atoms with Gasteiger partial charge >= 0.3 is 0 Å². The molecule has 4 heteroatoms. The molecular weight excluding hydrogens is 226 g/mol. The van der Waals surface area contributed by atoms with E-state index in [2.05, 4.69) is 29.0 Å². The van der Waals surface area contributed by atoms with Gasteiger partial charge in [-0.05, 0) is 31.8 Å². The second kappa shape index (κ2) is 6.85. The van der Waals surface area contributed by atoms with Crippen molar-refractivity contribution in [2.75, 3.05) is 45.8 Å². The summed E-state index contributed by atoms with van der Waals surface area (Å²) in [6.07, 6.45) is 2.48. The van der Waals surface area contributed by atoms with Crippen molar-refractivity contribution in [3.63, 3.8) is 0 Å². The molecule has 2 rings (SSSR count). The van der Waals surface area contributed by atoms with Crippen LogP contribution in [0.4, 0.5) is 0 Å². The minimum atomic E-state index is -0.225. The Labute approximate surface area is 111 Å². The minimum Gasteiger partial charge on any atom is -0.390 e. The molecule has 18 heavy (non-hydrogen) atoms. The third-order valence-corrected chi connectivity index (χ3v) is 4.07. The van der Waals surface area contributed by atoms with Crippen molar-refractivity contribution in [1.82, 2.24) is 15.1 Å². The number of β-amino-alcohol motifs (C(OH)–C–C–N with tert-alkyl or cyclic N) is 1. The van der Waals surface area contributed by atoms with Crippen molar-refractivity contribution >= 4 is 0 Å². The van der Waals surface area contributed by atoms with Gasteiger partial charge in [0.25, 0.3) is 0 Å². The Morgan fingerprint density at radius 1 is 1.22 bits per heavy atom. The molecule has 2 N–H and O–H groups in total. The fraction of sp³-hybridized carbons (Fsp3) is 1.00. The molecule has 0 aromatic carbocycles. The van der Waals surface area contributed by atoms with Gasteiger partial charge in [0.1, 0.15) is 0 Å². The van der Waals surface area contributed by atoms with Gasteiger partial charge in [-0.3, -0.25) is 9.80 Å². The van der Waals surface area contributed by atoms with Crippen LogP contribution in [0.15, 0.2) is 0 Å². The zero-order valence-electron chi connectivity index (χ0n) is 11.9. The summed E-state index contributed by atoms with van der Waals surface area (Å²) in [5, 5.41) is 13.4. The number of nitrogens with one attached hydrogen (secondary N) is 1. The van der Waals surface area contributed by atoms with E-state index in [-0.39, 0.29) is 6.10 Å². The lowest BCUT2D eigenvalue weighted by Crippen LogP contribution is -2.52. The number of hydrogen-bond donors (Lipinski definition) is 2. The normalized spacial score (nSPS) is 27.7. The van der Waals surface area contributed by atoms with Crippen LogP contribution >= 0.6 is 0 Å². The van der Waals surface area contributed by atoms with Crippen molar-refractivity contribution in [3.8, 4) is 0 Å². The van der Waals surface area contributed by atoms with E-state index in [0.717, 1.165) is 38.8 Å². The van der Waals surface area contributed by atoms with Crippen LogP contribution in [0.3, 0.4) is 0 Å². The van der Waals surface area contributed by atoms with E-state index < -0.39 is 0 Å². The van der Waals surface area contributed by atoms with Gasteiger partial charge in [-0.25, -0.2) is 0 Å². The highest BCUT2D eigenvalue weighted by Crippen LogP contribution is 2.21. The molecule has 4 nitrogen and oxygen atoms in total. The van der Waals surface area contributed by atoms with Crippen molar-refractivity contribution in [2.24, 2.45) is 5.92 Å². The van der Waals surface area contributed by atoms with Gasteiger partial charge in [0, 0.05) is 38.8 Å². The van der Waals surface area contributed by atoms with Crippen molar-refractivity contribution in [3.05, 3.63) is 0 Å². The van der Waals surface area contributed by atoms with E-state index in [1.165, 1.54) is 25.9 Å². The second-order valence-electron chi connectivity index (χ2n) is 6.30. The summed E-state index contributed by atoms with van der Waals surface area (Å²) in [6.45, 7) is 11.7. The van der Waals surface area contributed by atoms with Crippen LogP contribution in [0.2, 0.25) is 0 Å². The average molecular weight is 255 g/mol. The zero-order valence-corrected chi connectivity index (χ0v) is 11.9. The number of hydrogen-bond acceptors (Lipinski definition) is 4. The summed E-state index contributed by atoms with van der Waals surface area (Å²) >= 11 is 0. The fourth-order valence-corrected chi connectivity index (χ4v) is 3.12. The molecule has 2 fully saturated rings. The smallest absolute Gasteiger partial charge is 0.0791 e. The van der Waals surface area contributed by atoms with Crippen LogP contribution < -0.4 is 5.32 Å². The molecule has 2 aliphatic heterocycles. The monoisotopic (exact) mass is 255 g/mol. The quantitative estimate of drug-likeness (QED) is 0.719. The minimum absolute atomic E-state index is 0.225. The van der Waals surface area contributed by atoms with Crippen LogP contribution in [0, 0.1) is 5.92 Å². The summed E-state index contributed by atoms with van der Waals surface area (Å²) in [5.41, 5.74) is 0. The van der Waals surface area contributed by atoms with Gasteiger partial charge in [-0.1, -0.05) is 13.8 Å². The lowest BCUT2D eigenvalue weighted by atomic mass is 10.1. The van der Waals surface area contributed by atoms with E-state index in [0.29, 0.717) is 5.92 Å². The number of fused-ring (bicyclic) bond motifs is 1. The maximum absolute atomic E-state index is 10.0. The molecule has 2 atom stereocenters. The first-order valence-corrected chi connectivity index (χ1v) is 7.50. The first kappa shape index (κ1) is 14.3. The molecule has 0 aromatic rings. The van der Waals surface area contributed by atoms with Gasteiger partial charge in [-0.2, -0.15) is 0 Å². The van der Waals surface area contributed by atoms with E-state index in [1.54, 1.807) is 0 Å². The van der Waals surface area contributed by atoms with Crippen LogP contribution in [-0.2, 0) is 0 Å². The van der Waals surface area contributed by atoms with Crippen LogP contribution in [0.5, 0.6) is 0 Å². The molecule has 0 saturated carbocycles. The number of piperazine rings is 1. The SMILES string of the molecule is CC(C)CNCC(O)CN1CCN2CCCC2C1. The summed E-state index contributed by atoms with van der Waals surface area (Å²) in [7, 11) is 0. The first-order chi connectivity index (χ1) is 8.65. The molecule has 2 aliphatic rings. The zero-order chi connectivity index (χ0) is 13.0. The molecule has 2 saturated heterocycles. The number of aliphatic hydroxyl groups is 1. The Morgan fingerprint density at radius 2 is 2.06 bits per heavy atom. The van der Waals surface area contributed by atoms with Crippen LogP contribution in [0.25, 0.3) is 0 Å². The van der Waals surface area contributed by atoms with Crippen molar-refractivity contribution in [2.45, 2.75) is 38.8 Å². The Morgan fingerprint density at radius 3 is 2.83 bits per heavy atom. The van der Waals surface area contributed by atoms with Gasteiger partial charge in [0.05, 0.1) is 6.10 Å². The number of nitrogens with zero attached hydrogens (tertiary/aromatic N) is 2. The highest BCUT2D eigenvalue weighted by molar-refractivity contribution is 4.87. The van der Waals surface area contributed by atoms with Gasteiger partial charge in [0.15, 0.2) is 0 Å². The van der Waals surface area contributed by atoms with Crippen molar-refractivity contribution < 1.29 is 5.11 Å². The fourth-order valence-electron chi connectivity index (χ4n) is 3.12. The standard InChI is InChI=1S/C14H29N3O/c1-12(2)8-15-9-14(18)11-16-6-7-17-5-3-4-13(17)10-16/h12-15,18H,3-11H2,1-2H3. The summed E-state index contributed by atoms with van der Waals surface area (Å²) in [5.74, 6) is 0.652. The summed E-state index contributed by atoms with van der Waals surface area (Å²) in [4.78, 5) is 5.05. The maximum Gasteiger partial charge on any atom is 0.0791 e. The van der Waals surface area contributed by atoms with E-state index >= 15 is 0 Å². The molecule has 0 spiro atoms. The average Bonchev–Trinajstić information content (AvgIpc) is 2.75. The maximum atomic E-state index is 10.0. The van der Waals surface area contributed by atoms with Crippen molar-refractivity contribution in [1.29, 1.82) is 0 Å². The first-order valence-electron chi connectivity index (χ1n) is 7.50. The van der Waals surface area contributed by atoms with E-state index in [1.807, 2.05) is 0 Å². The molecule has 0 amide bonds. The lowest BCUT2D eigenvalue weighted by Gasteiger charge is -2.38. The Balaban J connectivity index is 1.63. The Hall–Kier alpha value is -0.160. The Kier molecular flexibility index (Phi) is 5.42. The Bertz CT molecular complexity index is 247. The highest BCUT2D eigenvalue weighted by atomic mass is 16.3. The molecule has 106 valence electrons.